The van der Waals surface area contributed by atoms with Gasteiger partial charge >= 0.3 is 23.9 Å². The number of benzene rings is 6. The van der Waals surface area contributed by atoms with E-state index in [0.29, 0.717) is 15.3 Å². The summed E-state index contributed by atoms with van der Waals surface area (Å²) in [5, 5.41) is 0. The van der Waals surface area contributed by atoms with Gasteiger partial charge in [0.2, 0.25) is 9.60 Å². The third-order valence-electron chi connectivity index (χ3n) is 9.56. The molecular formula is C48H39Cl2N3O9S2. The van der Waals surface area contributed by atoms with Crippen molar-refractivity contribution >= 4 is 75.1 Å². The highest BCUT2D eigenvalue weighted by atomic mass is 35.5. The first-order valence-corrected chi connectivity index (χ1v) is 21.6. The van der Waals surface area contributed by atoms with Gasteiger partial charge in [0.15, 0.2) is 24.5 Å². The number of carbonyl (C=O) groups is 4. The summed E-state index contributed by atoms with van der Waals surface area (Å²) < 4.78 is 33.0. The summed E-state index contributed by atoms with van der Waals surface area (Å²) in [6.45, 7) is -0.481. The second-order valence-electron chi connectivity index (χ2n) is 13.7. The highest BCUT2D eigenvalue weighted by Crippen LogP contribution is 2.32. The van der Waals surface area contributed by atoms with Gasteiger partial charge in [0.1, 0.15) is 12.7 Å². The zero-order chi connectivity index (χ0) is 42.7. The number of carbonyl (C=O) groups excluding carboxylic acids is 4. The van der Waals surface area contributed by atoms with E-state index in [4.69, 9.17) is 33.7 Å². The largest absolute Gasteiger partial charge is 0.459 e. The molecule has 1 aromatic heterocycles. The first kappa shape index (κ1) is 46.8. The van der Waals surface area contributed by atoms with Crippen molar-refractivity contribution in [1.82, 2.24) is 4.57 Å². The average Bonchev–Trinajstić information content (AvgIpc) is 3.72. The number of esters is 4. The average molecular weight is 937 g/mol. The van der Waals surface area contributed by atoms with Gasteiger partial charge in [0, 0.05) is 0 Å². The Hall–Kier alpha value is -6.68. The fourth-order valence-corrected chi connectivity index (χ4v) is 8.71. The van der Waals surface area contributed by atoms with Crippen molar-refractivity contribution in [3.63, 3.8) is 0 Å². The van der Waals surface area contributed by atoms with Crippen LogP contribution in [0.3, 0.4) is 0 Å². The van der Waals surface area contributed by atoms with Gasteiger partial charge in [-0.3, -0.25) is 4.57 Å². The highest BCUT2D eigenvalue weighted by Gasteiger charge is 2.53. The molecule has 1 fully saturated rings. The van der Waals surface area contributed by atoms with Crippen LogP contribution in [0.5, 0.6) is 0 Å². The number of hydrogen-bond acceptors (Lipinski definition) is 13. The van der Waals surface area contributed by atoms with Gasteiger partial charge in [-0.2, -0.15) is 0 Å². The van der Waals surface area contributed by atoms with Gasteiger partial charge in [0.05, 0.1) is 33.6 Å². The summed E-state index contributed by atoms with van der Waals surface area (Å²) in [6, 6.07) is 51.9. The smallest absolute Gasteiger partial charge is 0.338 e. The molecular weight excluding hydrogens is 898 g/mol. The fourth-order valence-electron chi connectivity index (χ4n) is 6.55. The molecule has 1 aliphatic heterocycles. The van der Waals surface area contributed by atoms with Crippen LogP contribution < -0.4 is 9.60 Å². The van der Waals surface area contributed by atoms with Gasteiger partial charge in [0.25, 0.3) is 0 Å². The maximum atomic E-state index is 14.1. The summed E-state index contributed by atoms with van der Waals surface area (Å²) >= 11 is 0. The Morgan fingerprint density at radius 2 is 0.875 bits per heavy atom. The van der Waals surface area contributed by atoms with Crippen LogP contribution in [0.15, 0.2) is 192 Å². The van der Waals surface area contributed by atoms with Crippen LogP contribution in [-0.2, 0) is 23.7 Å². The van der Waals surface area contributed by atoms with E-state index < -0.39 is 61.1 Å². The van der Waals surface area contributed by atoms with Gasteiger partial charge in [-0.05, 0) is 93.5 Å². The summed E-state index contributed by atoms with van der Waals surface area (Å²) in [5.74, 6) is -3.07. The van der Waals surface area contributed by atoms with E-state index in [9.17, 15) is 19.2 Å². The van der Waals surface area contributed by atoms with Crippen molar-refractivity contribution in [2.45, 2.75) is 30.6 Å². The molecule has 1 saturated heterocycles. The van der Waals surface area contributed by atoms with Crippen molar-refractivity contribution in [3.05, 3.63) is 214 Å². The van der Waals surface area contributed by atoms with Crippen molar-refractivity contribution in [2.24, 2.45) is 9.98 Å². The summed E-state index contributed by atoms with van der Waals surface area (Å²) in [4.78, 5) is 66.4. The van der Waals surface area contributed by atoms with E-state index in [1.807, 2.05) is 65.2 Å². The van der Waals surface area contributed by atoms with Gasteiger partial charge in [-0.25, -0.2) is 29.2 Å². The lowest BCUT2D eigenvalue weighted by Crippen LogP contribution is -2.62. The summed E-state index contributed by atoms with van der Waals surface area (Å²) in [6.07, 6.45) is -7.35. The molecule has 64 heavy (non-hydrogen) atoms. The Bertz CT molecular complexity index is 2760. The molecule has 2 heterocycles. The van der Waals surface area contributed by atoms with Crippen LogP contribution in [-0.4, -0.2) is 65.7 Å². The summed E-state index contributed by atoms with van der Waals surface area (Å²) in [7, 11) is 2.64. The first-order chi connectivity index (χ1) is 30.4. The van der Waals surface area contributed by atoms with Gasteiger partial charge < -0.3 is 23.7 Å². The zero-order valence-electron chi connectivity index (χ0n) is 33.6. The van der Waals surface area contributed by atoms with E-state index in [1.165, 1.54) is 20.7 Å². The SMILES string of the molecule is Cl.Cl.O=C(OC[C@H]1O[C@@H](/N=c2\ssc(=Nc3ccccc3)n2-c2ccccc2)[C@H](OC(=O)c2ccccc2)[C@@H](OC(=O)c2ccccc2)[C@@H]1OC(=O)c1ccccc1)c1ccccc1. The van der Waals surface area contributed by atoms with Crippen LogP contribution in [0.2, 0.25) is 0 Å². The maximum Gasteiger partial charge on any atom is 0.338 e. The van der Waals surface area contributed by atoms with Crippen LogP contribution in [0.25, 0.3) is 5.69 Å². The molecule has 0 unspecified atom stereocenters. The predicted molar refractivity (Wildman–Crippen MR) is 246 cm³/mol. The number of ether oxygens (including phenoxy) is 5. The Kier molecular flexibility index (Phi) is 16.5. The minimum absolute atomic E-state index is 0. The van der Waals surface area contributed by atoms with E-state index in [0.717, 1.165) is 5.69 Å². The molecule has 326 valence electrons. The first-order valence-electron chi connectivity index (χ1n) is 19.5. The molecule has 12 nitrogen and oxygen atoms in total. The second kappa shape index (κ2) is 22.6. The molecule has 0 radical (unpaired) electrons. The maximum absolute atomic E-state index is 14.1. The molecule has 0 N–H and O–H groups in total. The molecule has 0 amide bonds. The molecule has 0 spiro atoms. The van der Waals surface area contributed by atoms with Crippen LogP contribution in [0.1, 0.15) is 41.4 Å². The lowest BCUT2D eigenvalue weighted by molar-refractivity contribution is -0.227. The van der Waals surface area contributed by atoms with E-state index in [1.54, 1.807) is 121 Å². The monoisotopic (exact) mass is 935 g/mol. The van der Waals surface area contributed by atoms with E-state index in [-0.39, 0.29) is 47.1 Å². The fraction of sp³-hybridized carbons (Fsp3) is 0.125. The van der Waals surface area contributed by atoms with Crippen LogP contribution in [0.4, 0.5) is 5.69 Å². The highest BCUT2D eigenvalue weighted by molar-refractivity contribution is 7.67. The third kappa shape index (κ3) is 11.5. The number of para-hydroxylation sites is 2. The van der Waals surface area contributed by atoms with Crippen molar-refractivity contribution < 1.29 is 42.9 Å². The Morgan fingerprint density at radius 1 is 0.484 bits per heavy atom. The molecule has 0 saturated carbocycles. The molecule has 5 atom stereocenters. The number of nitrogens with zero attached hydrogens (tertiary/aromatic N) is 3. The Labute approximate surface area is 387 Å². The number of hydrogen-bond donors (Lipinski definition) is 0. The number of rotatable bonds is 12. The predicted octanol–water partition coefficient (Wildman–Crippen LogP) is 8.84. The van der Waals surface area contributed by atoms with Crippen LogP contribution in [0, 0.1) is 0 Å². The minimum Gasteiger partial charge on any atom is -0.459 e. The second-order valence-corrected chi connectivity index (χ2v) is 15.8. The third-order valence-corrected chi connectivity index (χ3v) is 11.6. The molecule has 7 aromatic rings. The van der Waals surface area contributed by atoms with E-state index >= 15 is 0 Å². The minimum atomic E-state index is -1.56. The Balaban J connectivity index is 0.00000340. The lowest BCUT2D eigenvalue weighted by Gasteiger charge is -2.43. The van der Waals surface area contributed by atoms with Gasteiger partial charge in [-0.1, -0.05) is 109 Å². The zero-order valence-corrected chi connectivity index (χ0v) is 36.8. The topological polar surface area (TPSA) is 144 Å². The number of halogens is 2. The molecule has 16 heteroatoms. The Morgan fingerprint density at radius 3 is 1.36 bits per heavy atom. The molecule has 6 aromatic carbocycles. The normalized spacial score (nSPS) is 18.3. The number of aromatic nitrogens is 1. The quantitative estimate of drug-likeness (QED) is 0.0667. The standard InChI is InChI=1S/C48H37N3O9S2.2ClH/c52-43(32-19-7-1-8-20-32)56-31-38-39(58-44(53)33-21-9-2-10-22-33)40(59-45(54)34-23-11-3-12-24-34)41(60-46(55)35-25-13-4-14-26-35)42(57-38)50-48-51(37-29-17-6-18-30-37)47(61-62-48)49-36-27-15-5-16-28-36;;/h1-30,38-42H,31H2;2*1H/b49-47?,50-48-;;/t38-,39-,40+,41-,42-;;/m1../s1. The van der Waals surface area contributed by atoms with Crippen molar-refractivity contribution in [2.75, 3.05) is 6.61 Å². The molecule has 8 rings (SSSR count). The van der Waals surface area contributed by atoms with E-state index in [2.05, 4.69) is 0 Å². The van der Waals surface area contributed by atoms with Crippen molar-refractivity contribution in [3.8, 4) is 5.69 Å². The lowest BCUT2D eigenvalue weighted by atomic mass is 9.97. The molecule has 0 aliphatic carbocycles. The molecule has 0 bridgehead atoms. The molecule has 1 aliphatic rings. The van der Waals surface area contributed by atoms with Crippen molar-refractivity contribution in [1.29, 1.82) is 0 Å². The van der Waals surface area contributed by atoms with Gasteiger partial charge in [-0.15, -0.1) is 24.8 Å². The summed E-state index contributed by atoms with van der Waals surface area (Å²) in [5.41, 5.74) is 2.25. The van der Waals surface area contributed by atoms with Crippen LogP contribution >= 0.6 is 45.5 Å².